The van der Waals surface area contributed by atoms with E-state index in [0.29, 0.717) is 6.54 Å². The molecular formula is C15H20N4O4S. The van der Waals surface area contributed by atoms with Crippen LogP contribution >= 0.6 is 0 Å². The molecule has 9 heteroatoms. The monoisotopic (exact) mass is 352 g/mol. The number of sulfonamides is 1. The number of nitrogens with zero attached hydrogens (tertiary/aromatic N) is 4. The lowest BCUT2D eigenvalue weighted by atomic mass is 10.2. The molecule has 2 aromatic rings. The minimum Gasteiger partial charge on any atom is -0.272 e. The van der Waals surface area contributed by atoms with E-state index in [-0.39, 0.29) is 23.7 Å². The van der Waals surface area contributed by atoms with Crippen LogP contribution in [0.3, 0.4) is 0 Å². The van der Waals surface area contributed by atoms with Crippen LogP contribution in [0.2, 0.25) is 0 Å². The molecule has 0 aliphatic carbocycles. The first kappa shape index (κ1) is 18.1. The predicted octanol–water partition coefficient (Wildman–Crippen LogP) is 2.33. The van der Waals surface area contributed by atoms with Crippen molar-refractivity contribution in [3.8, 4) is 0 Å². The van der Waals surface area contributed by atoms with Gasteiger partial charge in [0, 0.05) is 43.5 Å². The first-order valence-electron chi connectivity index (χ1n) is 7.57. The van der Waals surface area contributed by atoms with E-state index in [4.69, 9.17) is 0 Å². The molecule has 0 aliphatic rings. The summed E-state index contributed by atoms with van der Waals surface area (Å²) in [4.78, 5) is 10.2. The van der Waals surface area contributed by atoms with Crippen LogP contribution in [0.25, 0.3) is 0 Å². The van der Waals surface area contributed by atoms with Gasteiger partial charge in [0.1, 0.15) is 0 Å². The summed E-state index contributed by atoms with van der Waals surface area (Å²) in [7, 11) is -3.73. The fraction of sp³-hybridized carbons (Fsp3) is 0.400. The van der Waals surface area contributed by atoms with Gasteiger partial charge in [-0.05, 0) is 26.0 Å². The quantitative estimate of drug-likeness (QED) is 0.562. The summed E-state index contributed by atoms with van der Waals surface area (Å²) in [6.07, 6.45) is 1.84. The lowest BCUT2D eigenvalue weighted by molar-refractivity contribution is -0.384. The van der Waals surface area contributed by atoms with Crippen LogP contribution in [-0.4, -0.2) is 34.0 Å². The van der Waals surface area contributed by atoms with Gasteiger partial charge in [-0.3, -0.25) is 14.8 Å². The minimum atomic E-state index is -3.73. The number of hydrogen-bond donors (Lipinski definition) is 0. The van der Waals surface area contributed by atoms with Gasteiger partial charge in [0.2, 0.25) is 10.0 Å². The highest BCUT2D eigenvalue weighted by molar-refractivity contribution is 7.89. The van der Waals surface area contributed by atoms with Gasteiger partial charge in [0.05, 0.1) is 15.5 Å². The molecule has 0 N–H and O–H groups in total. The van der Waals surface area contributed by atoms with Crippen LogP contribution in [0.5, 0.6) is 0 Å². The smallest absolute Gasteiger partial charge is 0.269 e. The zero-order valence-electron chi connectivity index (χ0n) is 13.8. The molecule has 0 radical (unpaired) electrons. The topological polar surface area (TPSA) is 98.3 Å². The molecule has 0 aliphatic heterocycles. The highest BCUT2D eigenvalue weighted by atomic mass is 32.2. The van der Waals surface area contributed by atoms with Crippen LogP contribution in [0, 0.1) is 17.0 Å². The van der Waals surface area contributed by atoms with E-state index in [1.165, 1.54) is 28.6 Å². The second kappa shape index (κ2) is 7.10. The van der Waals surface area contributed by atoms with Crippen LogP contribution in [0.4, 0.5) is 5.69 Å². The van der Waals surface area contributed by atoms with Crippen molar-refractivity contribution in [1.29, 1.82) is 0 Å². The largest absolute Gasteiger partial charge is 0.272 e. The number of hydrogen-bond acceptors (Lipinski definition) is 5. The number of nitro groups is 1. The zero-order chi connectivity index (χ0) is 17.9. The fourth-order valence-electron chi connectivity index (χ4n) is 2.32. The number of nitro benzene ring substituents is 1. The molecule has 8 nitrogen and oxygen atoms in total. The highest BCUT2D eigenvalue weighted by Gasteiger charge is 2.25. The van der Waals surface area contributed by atoms with Gasteiger partial charge in [-0.15, -0.1) is 0 Å². The summed E-state index contributed by atoms with van der Waals surface area (Å²) in [5, 5.41) is 15.0. The molecule has 1 aromatic heterocycles. The van der Waals surface area contributed by atoms with Crippen LogP contribution in [0.1, 0.15) is 25.1 Å². The van der Waals surface area contributed by atoms with E-state index in [1.807, 2.05) is 20.0 Å². The Morgan fingerprint density at radius 3 is 2.33 bits per heavy atom. The normalized spacial score (nSPS) is 11.8. The maximum Gasteiger partial charge on any atom is 0.269 e. The molecule has 1 heterocycles. The molecule has 2 rings (SSSR count). The van der Waals surface area contributed by atoms with Gasteiger partial charge in [-0.25, -0.2) is 8.42 Å². The molecule has 0 amide bonds. The van der Waals surface area contributed by atoms with Crippen molar-refractivity contribution in [3.63, 3.8) is 0 Å². The second-order valence-electron chi connectivity index (χ2n) is 5.28. The average molecular weight is 352 g/mol. The fourth-order valence-corrected chi connectivity index (χ4v) is 3.75. The maximum atomic E-state index is 12.8. The molecule has 0 fully saturated rings. The van der Waals surface area contributed by atoms with Gasteiger partial charge >= 0.3 is 0 Å². The average Bonchev–Trinajstić information content (AvgIpc) is 2.92. The van der Waals surface area contributed by atoms with E-state index in [2.05, 4.69) is 5.10 Å². The Labute approximate surface area is 140 Å². The number of rotatable bonds is 7. The van der Waals surface area contributed by atoms with Gasteiger partial charge in [-0.1, -0.05) is 6.92 Å². The number of benzene rings is 1. The molecule has 0 saturated heterocycles. The summed E-state index contributed by atoms with van der Waals surface area (Å²) in [6.45, 7) is 6.76. The standard InChI is InChI=1S/C15H20N4O4S/c1-4-17-10-13(12(3)16-17)11-18(5-2)24(22,23)15-8-6-14(7-9-15)19(20)21/h6-10H,4-5,11H2,1-3H3. The highest BCUT2D eigenvalue weighted by Crippen LogP contribution is 2.21. The second-order valence-corrected chi connectivity index (χ2v) is 7.22. The molecule has 0 spiro atoms. The Hall–Kier alpha value is -2.26. The first-order valence-corrected chi connectivity index (χ1v) is 9.01. The molecular weight excluding hydrogens is 332 g/mol. The summed E-state index contributed by atoms with van der Waals surface area (Å²) < 4.78 is 28.6. The summed E-state index contributed by atoms with van der Waals surface area (Å²) in [6, 6.07) is 4.92. The molecule has 0 saturated carbocycles. The molecule has 0 atom stereocenters. The van der Waals surface area contributed by atoms with Gasteiger partial charge in [-0.2, -0.15) is 9.40 Å². The van der Waals surface area contributed by atoms with E-state index in [1.54, 1.807) is 11.6 Å². The van der Waals surface area contributed by atoms with Crippen molar-refractivity contribution in [3.05, 3.63) is 51.8 Å². The van der Waals surface area contributed by atoms with Crippen LogP contribution in [-0.2, 0) is 23.1 Å². The number of aromatic nitrogens is 2. The Morgan fingerprint density at radius 1 is 1.25 bits per heavy atom. The van der Waals surface area contributed by atoms with Crippen molar-refractivity contribution in [2.45, 2.75) is 38.8 Å². The van der Waals surface area contributed by atoms with Gasteiger partial charge in [0.25, 0.3) is 5.69 Å². The number of aryl methyl sites for hydroxylation is 2. The summed E-state index contributed by atoms with van der Waals surface area (Å²) >= 11 is 0. The number of non-ortho nitro benzene ring substituents is 1. The molecule has 0 bridgehead atoms. The zero-order valence-corrected chi connectivity index (χ0v) is 14.7. The maximum absolute atomic E-state index is 12.8. The van der Waals surface area contributed by atoms with Crippen molar-refractivity contribution in [1.82, 2.24) is 14.1 Å². The minimum absolute atomic E-state index is 0.0375. The van der Waals surface area contributed by atoms with Crippen molar-refractivity contribution < 1.29 is 13.3 Å². The van der Waals surface area contributed by atoms with Crippen molar-refractivity contribution >= 4 is 15.7 Å². The van der Waals surface area contributed by atoms with E-state index >= 15 is 0 Å². The van der Waals surface area contributed by atoms with E-state index in [9.17, 15) is 18.5 Å². The first-order chi connectivity index (χ1) is 11.3. The third kappa shape index (κ3) is 3.62. The van der Waals surface area contributed by atoms with E-state index in [0.717, 1.165) is 11.3 Å². The van der Waals surface area contributed by atoms with Gasteiger partial charge < -0.3 is 0 Å². The lowest BCUT2D eigenvalue weighted by Gasteiger charge is -2.20. The molecule has 0 unspecified atom stereocenters. The Balaban J connectivity index is 2.30. The Bertz CT molecular complexity index is 828. The Morgan fingerprint density at radius 2 is 1.88 bits per heavy atom. The third-order valence-corrected chi connectivity index (χ3v) is 5.69. The SMILES string of the molecule is CCN(Cc1cn(CC)nc1C)S(=O)(=O)c1ccc([N+](=O)[O-])cc1. The molecule has 1 aromatic carbocycles. The third-order valence-electron chi connectivity index (χ3n) is 3.76. The van der Waals surface area contributed by atoms with Gasteiger partial charge in [0.15, 0.2) is 0 Å². The Kier molecular flexibility index (Phi) is 5.35. The molecule has 24 heavy (non-hydrogen) atoms. The van der Waals surface area contributed by atoms with E-state index < -0.39 is 14.9 Å². The van der Waals surface area contributed by atoms with Crippen LogP contribution in [0.15, 0.2) is 35.4 Å². The van der Waals surface area contributed by atoms with Crippen molar-refractivity contribution in [2.75, 3.05) is 6.54 Å². The summed E-state index contributed by atoms with van der Waals surface area (Å²) in [5.41, 5.74) is 1.48. The predicted molar refractivity (Wildman–Crippen MR) is 89.0 cm³/mol. The van der Waals surface area contributed by atoms with Crippen LogP contribution < -0.4 is 0 Å². The summed E-state index contributed by atoms with van der Waals surface area (Å²) in [5.74, 6) is 0. The lowest BCUT2D eigenvalue weighted by Crippen LogP contribution is -2.30. The van der Waals surface area contributed by atoms with Crippen molar-refractivity contribution in [2.24, 2.45) is 0 Å². The molecule has 130 valence electrons.